The lowest BCUT2D eigenvalue weighted by molar-refractivity contribution is -0.128. The molecule has 1 N–H and O–H groups in total. The number of rotatable bonds is 13. The molecule has 1 aromatic rings. The molecule has 1 fully saturated rings. The molecule has 1 amide bonds. The summed E-state index contributed by atoms with van der Waals surface area (Å²) in [5.41, 5.74) is 4.59. The number of hydrogen-bond acceptors (Lipinski definition) is 6. The van der Waals surface area contributed by atoms with Crippen LogP contribution in [0.5, 0.6) is 0 Å². The second kappa shape index (κ2) is 13.0. The van der Waals surface area contributed by atoms with Crippen LogP contribution < -0.4 is 5.32 Å². The first-order valence-electron chi connectivity index (χ1n) is 13.2. The van der Waals surface area contributed by atoms with E-state index >= 15 is 0 Å². The molecule has 0 bridgehead atoms. The molecule has 0 aromatic carbocycles. The minimum Gasteiger partial charge on any atom is -0.384 e. The van der Waals surface area contributed by atoms with Crippen LogP contribution in [0.1, 0.15) is 68.3 Å². The average molecular weight is 490 g/mol. The fraction of sp³-hybridized carbons (Fsp3) is 0.778. The van der Waals surface area contributed by atoms with Gasteiger partial charge in [-0.25, -0.2) is 0 Å². The fourth-order valence-corrected chi connectivity index (χ4v) is 5.89. The van der Waals surface area contributed by atoms with Gasteiger partial charge in [0.2, 0.25) is 5.91 Å². The topological polar surface area (TPSA) is 71.9 Å². The van der Waals surface area contributed by atoms with Crippen molar-refractivity contribution in [2.24, 2.45) is 5.41 Å². The molecule has 0 radical (unpaired) electrons. The smallest absolute Gasteiger partial charge is 0.249 e. The Morgan fingerprint density at radius 2 is 1.91 bits per heavy atom. The van der Waals surface area contributed by atoms with Gasteiger partial charge in [-0.05, 0) is 52.1 Å². The Hall–Kier alpha value is -1.74. The minimum absolute atomic E-state index is 0.0941. The Bertz CT molecular complexity index is 836. The van der Waals surface area contributed by atoms with Crippen LogP contribution in [0.4, 0.5) is 0 Å². The highest BCUT2D eigenvalue weighted by Gasteiger charge is 2.39. The van der Waals surface area contributed by atoms with E-state index < -0.39 is 0 Å². The fourth-order valence-electron chi connectivity index (χ4n) is 5.89. The summed E-state index contributed by atoms with van der Waals surface area (Å²) in [5, 5.41) is 8.34. The summed E-state index contributed by atoms with van der Waals surface area (Å²) in [5.74, 6) is 0.544. The lowest BCUT2D eigenvalue weighted by Crippen LogP contribution is -2.40. The van der Waals surface area contributed by atoms with E-state index in [1.165, 1.54) is 17.0 Å². The lowest BCUT2D eigenvalue weighted by atomic mass is 9.69. The molecule has 8 heteroatoms. The summed E-state index contributed by atoms with van der Waals surface area (Å²) in [6, 6.07) is 0. The van der Waals surface area contributed by atoms with Crippen molar-refractivity contribution >= 4 is 5.91 Å². The summed E-state index contributed by atoms with van der Waals surface area (Å²) >= 11 is 0. The summed E-state index contributed by atoms with van der Waals surface area (Å²) in [6.45, 7) is 12.4. The number of ether oxygens (including phenoxy) is 2. The summed E-state index contributed by atoms with van der Waals surface area (Å²) in [4.78, 5) is 17.4. The molecule has 0 saturated heterocycles. The molecule has 0 spiro atoms. The number of methoxy groups -OCH3 is 2. The van der Waals surface area contributed by atoms with E-state index in [0.29, 0.717) is 19.0 Å². The zero-order chi connectivity index (χ0) is 25.4. The van der Waals surface area contributed by atoms with Crippen molar-refractivity contribution in [3.05, 3.63) is 29.1 Å². The van der Waals surface area contributed by atoms with Crippen LogP contribution in [0.2, 0.25) is 0 Å². The van der Waals surface area contributed by atoms with Gasteiger partial charge < -0.3 is 19.7 Å². The van der Waals surface area contributed by atoms with Gasteiger partial charge in [0.15, 0.2) is 0 Å². The van der Waals surface area contributed by atoms with Gasteiger partial charge in [0.05, 0.1) is 37.7 Å². The average Bonchev–Trinajstić information content (AvgIpc) is 3.20. The van der Waals surface area contributed by atoms with Gasteiger partial charge in [-0.1, -0.05) is 19.9 Å². The molecule has 1 aromatic heterocycles. The van der Waals surface area contributed by atoms with E-state index in [0.717, 1.165) is 83.5 Å². The summed E-state index contributed by atoms with van der Waals surface area (Å²) in [7, 11) is 7.72. The second-order valence-electron chi connectivity index (χ2n) is 10.6. The summed E-state index contributed by atoms with van der Waals surface area (Å²) < 4.78 is 13.4. The zero-order valence-corrected chi connectivity index (χ0v) is 22.7. The van der Waals surface area contributed by atoms with Gasteiger partial charge in [-0.3, -0.25) is 14.4 Å². The van der Waals surface area contributed by atoms with E-state index in [-0.39, 0.29) is 11.3 Å². The maximum atomic E-state index is 13.1. The number of aromatic nitrogens is 2. The third kappa shape index (κ3) is 6.73. The Morgan fingerprint density at radius 3 is 2.51 bits per heavy atom. The predicted octanol–water partition coefficient (Wildman–Crippen LogP) is 3.17. The van der Waals surface area contributed by atoms with Gasteiger partial charge in [0, 0.05) is 57.0 Å². The number of amides is 1. The predicted molar refractivity (Wildman–Crippen MR) is 139 cm³/mol. The number of fused-ring (bicyclic) bond motifs is 1. The second-order valence-corrected chi connectivity index (χ2v) is 10.6. The largest absolute Gasteiger partial charge is 0.384 e. The third-order valence-electron chi connectivity index (χ3n) is 7.76. The van der Waals surface area contributed by atoms with Crippen LogP contribution in [0.15, 0.2) is 12.2 Å². The van der Waals surface area contributed by atoms with E-state index in [1.807, 2.05) is 11.9 Å². The van der Waals surface area contributed by atoms with Crippen LogP contribution in [0.3, 0.4) is 0 Å². The van der Waals surface area contributed by atoms with E-state index in [4.69, 9.17) is 14.6 Å². The maximum Gasteiger partial charge on any atom is 0.249 e. The van der Waals surface area contributed by atoms with Crippen molar-refractivity contribution in [1.82, 2.24) is 24.9 Å². The highest BCUT2D eigenvalue weighted by molar-refractivity contribution is 5.92. The van der Waals surface area contributed by atoms with Crippen LogP contribution in [0.25, 0.3) is 0 Å². The molecule has 2 heterocycles. The number of nitrogens with one attached hydrogen (secondary N) is 1. The van der Waals surface area contributed by atoms with Crippen molar-refractivity contribution in [2.45, 2.75) is 71.0 Å². The molecular weight excluding hydrogens is 442 g/mol. The molecule has 8 nitrogen and oxygen atoms in total. The molecular formula is C27H47N5O3. The number of hydrogen-bond donors (Lipinski definition) is 1. The van der Waals surface area contributed by atoms with E-state index in [2.05, 4.69) is 35.4 Å². The van der Waals surface area contributed by atoms with Crippen molar-refractivity contribution in [1.29, 1.82) is 0 Å². The van der Waals surface area contributed by atoms with Gasteiger partial charge in [0.25, 0.3) is 0 Å². The first kappa shape index (κ1) is 27.8. The molecule has 1 saturated carbocycles. The monoisotopic (exact) mass is 489 g/mol. The Morgan fingerprint density at radius 1 is 1.23 bits per heavy atom. The third-order valence-corrected chi connectivity index (χ3v) is 7.76. The maximum absolute atomic E-state index is 13.1. The first-order valence-corrected chi connectivity index (χ1v) is 13.2. The van der Waals surface area contributed by atoms with Gasteiger partial charge in [0.1, 0.15) is 0 Å². The Labute approximate surface area is 212 Å². The lowest BCUT2D eigenvalue weighted by Gasteiger charge is -2.40. The molecule has 35 heavy (non-hydrogen) atoms. The number of carbonyl (C=O) groups is 1. The number of nitrogens with zero attached hydrogens (tertiary/aromatic N) is 4. The Kier molecular flexibility index (Phi) is 10.3. The zero-order valence-electron chi connectivity index (χ0n) is 22.7. The van der Waals surface area contributed by atoms with Crippen molar-refractivity contribution in [3.8, 4) is 0 Å². The van der Waals surface area contributed by atoms with Gasteiger partial charge in [-0.2, -0.15) is 5.10 Å². The highest BCUT2D eigenvalue weighted by atomic mass is 16.5. The highest BCUT2D eigenvalue weighted by Crippen LogP contribution is 2.45. The normalized spacial score (nSPS) is 18.2. The van der Waals surface area contributed by atoms with Crippen molar-refractivity contribution in [3.63, 3.8) is 0 Å². The van der Waals surface area contributed by atoms with Crippen LogP contribution in [-0.4, -0.2) is 86.7 Å². The first-order chi connectivity index (χ1) is 16.9. The molecule has 3 rings (SSSR count). The Balaban J connectivity index is 1.86. The molecule has 1 aliphatic heterocycles. The van der Waals surface area contributed by atoms with Crippen molar-refractivity contribution < 1.29 is 14.3 Å². The van der Waals surface area contributed by atoms with Crippen LogP contribution in [-0.2, 0) is 33.9 Å². The number of carbonyl (C=O) groups excluding carboxylic acids is 1. The van der Waals surface area contributed by atoms with E-state index in [1.54, 1.807) is 14.2 Å². The SMILES string of the molecule is C=C(CCC)C(=O)N1CCn2nc(CN(C)CCNC)c(C3CCC(COC)(COC)CC3)c2C1. The van der Waals surface area contributed by atoms with Crippen LogP contribution in [0, 0.1) is 5.41 Å². The molecule has 0 atom stereocenters. The van der Waals surface area contributed by atoms with Crippen molar-refractivity contribution in [2.75, 3.05) is 61.2 Å². The van der Waals surface area contributed by atoms with E-state index in [9.17, 15) is 4.79 Å². The molecule has 2 aliphatic rings. The standard InChI is InChI=1S/C27H47N5O3/c1-7-8-21(2)26(33)31-15-16-32-24(18-31)25(23(29-32)17-30(4)14-13-28-3)22-9-11-27(12-10-22,19-34-5)20-35-6/h22,28H,2,7-20H2,1,3-6H3. The summed E-state index contributed by atoms with van der Waals surface area (Å²) in [6.07, 6.45) is 6.04. The van der Waals surface area contributed by atoms with Crippen LogP contribution >= 0.6 is 0 Å². The quantitative estimate of drug-likeness (QED) is 0.429. The molecule has 198 valence electrons. The van der Waals surface area contributed by atoms with Gasteiger partial charge in [-0.15, -0.1) is 0 Å². The molecule has 0 unspecified atom stereocenters. The number of likely N-dealkylation sites (N-methyl/N-ethyl adjacent to an activating group) is 2. The molecule has 1 aliphatic carbocycles. The minimum atomic E-state index is 0.0941. The van der Waals surface area contributed by atoms with Gasteiger partial charge >= 0.3 is 0 Å².